The number of aromatic amines is 1. The van der Waals surface area contributed by atoms with Gasteiger partial charge in [-0.1, -0.05) is 24.0 Å². The minimum absolute atomic E-state index is 0.00111. The molecular formula is C29H16F6I2N4O4S3. The minimum atomic E-state index is -5.01. The number of alkyl halides is 6. The van der Waals surface area contributed by atoms with Crippen LogP contribution in [0.15, 0.2) is 58.8 Å². The standard InChI is InChI=1S/C29H16F6I2N4O4S3/c30-28(31,32)15-5-13(6-16(8-15)29(33,34)35)14-7-18(47-11-14)9-21-24(43)41(27(46)48-21)20(10-19-22(36)40-26(37)39-19)23(42)38-17-3-1-12(2-4-17)25(44)45/h1-9,11,20H,10H2,(H,38,42)(H,39,40)(H,44,45)/b21-9-/t20-/m0/s1. The van der Waals surface area contributed by atoms with Crippen LogP contribution in [-0.4, -0.2) is 48.1 Å². The van der Waals surface area contributed by atoms with Crippen LogP contribution in [0.2, 0.25) is 0 Å². The number of amides is 2. The topological polar surface area (TPSA) is 115 Å². The SMILES string of the molecule is O=C(O)c1ccc(NC(=O)[C@H](Cc2[nH]c(I)nc2I)N2C(=O)/C(=C/c3cc(-c4cc(C(F)(F)F)cc(C(F)(F)F)c4)cs3)SC2=S)cc1. The van der Waals surface area contributed by atoms with Crippen LogP contribution in [0, 0.1) is 7.53 Å². The largest absolute Gasteiger partial charge is 0.478 e. The Morgan fingerprint density at radius 1 is 1.02 bits per heavy atom. The van der Waals surface area contributed by atoms with E-state index in [2.05, 4.69) is 15.3 Å². The second kappa shape index (κ2) is 14.1. The summed E-state index contributed by atoms with van der Waals surface area (Å²) >= 11 is 11.3. The lowest BCUT2D eigenvalue weighted by Crippen LogP contribution is -2.48. The highest BCUT2D eigenvalue weighted by Gasteiger charge is 2.41. The van der Waals surface area contributed by atoms with Crippen molar-refractivity contribution >= 4 is 114 Å². The maximum Gasteiger partial charge on any atom is 0.416 e. The molecule has 250 valence electrons. The molecule has 1 atom stereocenters. The highest BCUT2D eigenvalue weighted by molar-refractivity contribution is 14.1. The van der Waals surface area contributed by atoms with Gasteiger partial charge in [0.05, 0.1) is 27.3 Å². The zero-order chi connectivity index (χ0) is 35.1. The van der Waals surface area contributed by atoms with E-state index in [1.807, 2.05) is 45.2 Å². The molecule has 1 aliphatic heterocycles. The quantitative estimate of drug-likeness (QED) is 0.0703. The predicted molar refractivity (Wildman–Crippen MR) is 188 cm³/mol. The Kier molecular flexibility index (Phi) is 10.6. The highest BCUT2D eigenvalue weighted by atomic mass is 127. The Labute approximate surface area is 307 Å². The lowest BCUT2D eigenvalue weighted by atomic mass is 10.0. The normalized spacial score (nSPS) is 15.3. The number of halogens is 8. The van der Waals surface area contributed by atoms with E-state index in [1.54, 1.807) is 0 Å². The fourth-order valence-corrected chi connectivity index (χ4v) is 8.38. The molecule has 19 heteroatoms. The maximum absolute atomic E-state index is 13.7. The summed E-state index contributed by atoms with van der Waals surface area (Å²) in [5.74, 6) is -2.44. The van der Waals surface area contributed by atoms with Crippen LogP contribution in [0.1, 0.15) is 32.1 Å². The van der Waals surface area contributed by atoms with Crippen molar-refractivity contribution in [2.24, 2.45) is 0 Å². The van der Waals surface area contributed by atoms with Crippen molar-refractivity contribution in [3.8, 4) is 11.1 Å². The van der Waals surface area contributed by atoms with E-state index in [0.29, 0.717) is 30.2 Å². The third-order valence-corrected chi connectivity index (χ3v) is 10.4. The molecule has 1 saturated heterocycles. The van der Waals surface area contributed by atoms with Gasteiger partial charge in [-0.25, -0.2) is 9.78 Å². The van der Waals surface area contributed by atoms with Crippen LogP contribution in [0.25, 0.3) is 17.2 Å². The molecule has 0 unspecified atom stereocenters. The van der Waals surface area contributed by atoms with E-state index in [9.17, 15) is 40.7 Å². The second-order valence-electron chi connectivity index (χ2n) is 9.97. The molecule has 2 aromatic heterocycles. The van der Waals surface area contributed by atoms with Gasteiger partial charge >= 0.3 is 18.3 Å². The summed E-state index contributed by atoms with van der Waals surface area (Å²) < 4.78 is 81.6. The second-order valence-corrected chi connectivity index (χ2v) is 14.6. The number of thioether (sulfide) groups is 1. The Morgan fingerprint density at radius 2 is 1.65 bits per heavy atom. The van der Waals surface area contributed by atoms with Gasteiger partial charge in [0.2, 0.25) is 5.91 Å². The third-order valence-electron chi connectivity index (χ3n) is 6.75. The Bertz CT molecular complexity index is 1940. The number of hydrogen-bond donors (Lipinski definition) is 3. The Morgan fingerprint density at radius 3 is 2.19 bits per heavy atom. The van der Waals surface area contributed by atoms with Gasteiger partial charge in [-0.15, -0.1) is 11.3 Å². The van der Waals surface area contributed by atoms with Gasteiger partial charge in [0, 0.05) is 17.0 Å². The zero-order valence-electron chi connectivity index (χ0n) is 23.4. The number of carbonyl (C=O) groups is 3. The van der Waals surface area contributed by atoms with Crippen molar-refractivity contribution in [2.45, 2.75) is 24.8 Å². The number of thiophene rings is 1. The number of hydrogen-bond acceptors (Lipinski definition) is 7. The summed E-state index contributed by atoms with van der Waals surface area (Å²) in [4.78, 5) is 47.5. The lowest BCUT2D eigenvalue weighted by molar-refractivity contribution is -0.143. The monoisotopic (exact) mass is 948 g/mol. The number of imidazole rings is 1. The van der Waals surface area contributed by atoms with Crippen LogP contribution in [0.3, 0.4) is 0 Å². The van der Waals surface area contributed by atoms with Gasteiger partial charge in [0.25, 0.3) is 5.91 Å². The first-order valence-corrected chi connectivity index (χ1v) is 17.4. The molecule has 0 radical (unpaired) electrons. The van der Waals surface area contributed by atoms with E-state index in [-0.39, 0.29) is 44.1 Å². The first-order chi connectivity index (χ1) is 22.4. The minimum Gasteiger partial charge on any atom is -0.478 e. The number of nitrogens with zero attached hydrogens (tertiary/aromatic N) is 2. The molecule has 4 aromatic rings. The molecule has 2 amide bonds. The van der Waals surface area contributed by atoms with E-state index in [0.717, 1.165) is 28.0 Å². The Hall–Kier alpha value is -3.02. The Balaban J connectivity index is 1.44. The first kappa shape index (κ1) is 36.3. The van der Waals surface area contributed by atoms with Crippen LogP contribution in [-0.2, 0) is 28.4 Å². The predicted octanol–water partition coefficient (Wildman–Crippen LogP) is 8.53. The van der Waals surface area contributed by atoms with Crippen LogP contribution >= 0.6 is 80.5 Å². The number of carboxylic acids is 1. The number of aromatic nitrogens is 2. The van der Waals surface area contributed by atoms with Crippen LogP contribution in [0.5, 0.6) is 0 Å². The number of carbonyl (C=O) groups excluding carboxylic acids is 2. The average molecular weight is 948 g/mol. The summed E-state index contributed by atoms with van der Waals surface area (Å²) in [7, 11) is 0. The van der Waals surface area contributed by atoms with E-state index in [4.69, 9.17) is 17.3 Å². The summed E-state index contributed by atoms with van der Waals surface area (Å²) in [6, 6.07) is 6.83. The third kappa shape index (κ3) is 8.22. The summed E-state index contributed by atoms with van der Waals surface area (Å²) in [6.45, 7) is 0. The van der Waals surface area contributed by atoms with Gasteiger partial charge in [-0.2, -0.15) is 26.3 Å². The van der Waals surface area contributed by atoms with Crippen molar-refractivity contribution in [3.63, 3.8) is 0 Å². The van der Waals surface area contributed by atoms with Crippen LogP contribution < -0.4 is 5.32 Å². The van der Waals surface area contributed by atoms with Crippen molar-refractivity contribution < 1.29 is 45.8 Å². The zero-order valence-corrected chi connectivity index (χ0v) is 30.1. The number of aromatic carboxylic acids is 1. The molecule has 2 aromatic carbocycles. The fourth-order valence-electron chi connectivity index (χ4n) is 4.49. The molecule has 0 saturated carbocycles. The number of carboxylic acid groups (broad SMARTS) is 1. The van der Waals surface area contributed by atoms with Gasteiger partial charge in [0.1, 0.15) is 14.1 Å². The molecular weight excluding hydrogens is 932 g/mol. The molecule has 1 fully saturated rings. The van der Waals surface area contributed by atoms with Crippen molar-refractivity contribution in [3.05, 3.63) is 93.6 Å². The van der Waals surface area contributed by atoms with Crippen LogP contribution in [0.4, 0.5) is 32.0 Å². The summed E-state index contributed by atoms with van der Waals surface area (Å²) in [5.41, 5.74) is -2.33. The highest BCUT2D eigenvalue weighted by Crippen LogP contribution is 2.41. The summed E-state index contributed by atoms with van der Waals surface area (Å²) in [6.07, 6.45) is -8.66. The average Bonchev–Trinajstić information content (AvgIpc) is 3.67. The smallest absolute Gasteiger partial charge is 0.416 e. The molecule has 48 heavy (non-hydrogen) atoms. The first-order valence-electron chi connectivity index (χ1n) is 13.1. The van der Waals surface area contributed by atoms with E-state index in [1.165, 1.54) is 41.8 Å². The van der Waals surface area contributed by atoms with Gasteiger partial charge in [-0.3, -0.25) is 14.5 Å². The van der Waals surface area contributed by atoms with Gasteiger partial charge in [0.15, 0.2) is 3.83 Å². The molecule has 0 spiro atoms. The van der Waals surface area contributed by atoms with E-state index >= 15 is 0 Å². The molecule has 3 heterocycles. The maximum atomic E-state index is 13.7. The fraction of sp³-hybridized carbons (Fsp3) is 0.138. The number of benzene rings is 2. The number of rotatable bonds is 8. The number of nitrogens with one attached hydrogen (secondary N) is 2. The molecule has 8 nitrogen and oxygen atoms in total. The van der Waals surface area contributed by atoms with Gasteiger partial charge < -0.3 is 15.4 Å². The molecule has 1 aliphatic rings. The number of thiocarbonyl (C=S) groups is 1. The molecule has 3 N–H and O–H groups in total. The summed E-state index contributed by atoms with van der Waals surface area (Å²) in [5, 5.41) is 13.2. The van der Waals surface area contributed by atoms with Crippen molar-refractivity contribution in [1.29, 1.82) is 0 Å². The number of H-pyrrole nitrogens is 1. The van der Waals surface area contributed by atoms with E-state index < -0.39 is 47.3 Å². The van der Waals surface area contributed by atoms with Gasteiger partial charge in [-0.05, 0) is 116 Å². The molecule has 0 aliphatic carbocycles. The lowest BCUT2D eigenvalue weighted by Gasteiger charge is -2.25. The molecule has 5 rings (SSSR count). The van der Waals surface area contributed by atoms with Crippen molar-refractivity contribution in [2.75, 3.05) is 5.32 Å². The molecule has 0 bridgehead atoms. The number of anilines is 1. The van der Waals surface area contributed by atoms with Crippen molar-refractivity contribution in [1.82, 2.24) is 14.9 Å².